The zero-order valence-electron chi connectivity index (χ0n) is 12.0. The van der Waals surface area contributed by atoms with E-state index in [0.29, 0.717) is 17.3 Å². The van der Waals surface area contributed by atoms with E-state index >= 15 is 0 Å². The number of primary amides is 1. The first-order chi connectivity index (χ1) is 10.1. The number of hydrogen-bond acceptors (Lipinski definition) is 6. The highest BCUT2D eigenvalue weighted by atomic mass is 16.5. The van der Waals surface area contributed by atoms with Crippen LogP contribution in [0.25, 0.3) is 11.4 Å². The molecule has 0 aliphatic rings. The zero-order valence-corrected chi connectivity index (χ0v) is 12.0. The Bertz CT molecular complexity index is 628. The molecule has 2 aromatic rings. The van der Waals surface area contributed by atoms with Crippen LogP contribution in [-0.2, 0) is 0 Å². The van der Waals surface area contributed by atoms with E-state index in [0.717, 1.165) is 18.5 Å². The Morgan fingerprint density at radius 3 is 2.52 bits per heavy atom. The molecule has 1 heterocycles. The third-order valence-corrected chi connectivity index (χ3v) is 2.76. The number of nitrogens with zero attached hydrogens (tertiary/aromatic N) is 3. The molecule has 0 saturated carbocycles. The number of carbonyl (C=O) groups excluding carboxylic acids is 1. The van der Waals surface area contributed by atoms with Crippen LogP contribution in [0.3, 0.4) is 0 Å². The number of ether oxygens (including phenoxy) is 1. The topological polar surface area (TPSA) is 103 Å². The predicted octanol–water partition coefficient (Wildman–Crippen LogP) is 1.47. The molecule has 7 heteroatoms. The van der Waals surface area contributed by atoms with Gasteiger partial charge in [-0.2, -0.15) is 15.0 Å². The molecule has 7 nitrogen and oxygen atoms in total. The lowest BCUT2D eigenvalue weighted by Gasteiger charge is -2.07. The van der Waals surface area contributed by atoms with Crippen molar-refractivity contribution in [3.05, 3.63) is 29.8 Å². The molecule has 3 N–H and O–H groups in total. The first-order valence-electron chi connectivity index (χ1n) is 6.58. The number of carbonyl (C=O) groups is 1. The van der Waals surface area contributed by atoms with Crippen molar-refractivity contribution in [2.45, 2.75) is 13.3 Å². The van der Waals surface area contributed by atoms with Gasteiger partial charge in [0.2, 0.25) is 11.9 Å². The largest absolute Gasteiger partial charge is 0.467 e. The van der Waals surface area contributed by atoms with Gasteiger partial charge >= 0.3 is 6.01 Å². The van der Waals surface area contributed by atoms with E-state index < -0.39 is 5.91 Å². The summed E-state index contributed by atoms with van der Waals surface area (Å²) in [6, 6.07) is 6.97. The third kappa shape index (κ3) is 3.65. The molecule has 1 aromatic carbocycles. The predicted molar refractivity (Wildman–Crippen MR) is 79.1 cm³/mol. The van der Waals surface area contributed by atoms with Gasteiger partial charge < -0.3 is 15.8 Å². The smallest absolute Gasteiger partial charge is 0.321 e. The minimum Gasteiger partial charge on any atom is -0.467 e. The highest BCUT2D eigenvalue weighted by Gasteiger charge is 2.09. The lowest BCUT2D eigenvalue weighted by Crippen LogP contribution is -2.10. The van der Waals surface area contributed by atoms with Crippen LogP contribution < -0.4 is 15.8 Å². The number of anilines is 1. The van der Waals surface area contributed by atoms with Gasteiger partial charge in [0.25, 0.3) is 0 Å². The fourth-order valence-corrected chi connectivity index (χ4v) is 1.68. The van der Waals surface area contributed by atoms with Gasteiger partial charge in [-0.1, -0.05) is 19.1 Å². The summed E-state index contributed by atoms with van der Waals surface area (Å²) in [5.74, 6) is 0.453. The van der Waals surface area contributed by atoms with Crippen LogP contribution in [-0.4, -0.2) is 34.5 Å². The van der Waals surface area contributed by atoms with Crippen molar-refractivity contribution in [3.63, 3.8) is 0 Å². The fraction of sp³-hybridized carbons (Fsp3) is 0.286. The normalized spacial score (nSPS) is 10.2. The van der Waals surface area contributed by atoms with E-state index in [1.54, 1.807) is 24.3 Å². The van der Waals surface area contributed by atoms with Crippen LogP contribution in [0, 0.1) is 0 Å². The molecule has 2 rings (SSSR count). The second-order valence-electron chi connectivity index (χ2n) is 4.34. The highest BCUT2D eigenvalue weighted by molar-refractivity contribution is 5.93. The monoisotopic (exact) mass is 287 g/mol. The first-order valence-corrected chi connectivity index (χ1v) is 6.58. The van der Waals surface area contributed by atoms with Crippen molar-refractivity contribution in [2.75, 3.05) is 19.0 Å². The molecule has 0 atom stereocenters. The molecule has 110 valence electrons. The molecule has 0 spiro atoms. The van der Waals surface area contributed by atoms with Crippen LogP contribution in [0.4, 0.5) is 5.95 Å². The van der Waals surface area contributed by atoms with Crippen LogP contribution in [0.15, 0.2) is 24.3 Å². The van der Waals surface area contributed by atoms with E-state index in [2.05, 4.69) is 27.2 Å². The molecule has 0 unspecified atom stereocenters. The van der Waals surface area contributed by atoms with Gasteiger partial charge in [-0.3, -0.25) is 4.79 Å². The molecule has 0 radical (unpaired) electrons. The second-order valence-corrected chi connectivity index (χ2v) is 4.34. The van der Waals surface area contributed by atoms with E-state index in [1.807, 2.05) is 0 Å². The zero-order chi connectivity index (χ0) is 15.2. The van der Waals surface area contributed by atoms with E-state index in [-0.39, 0.29) is 6.01 Å². The van der Waals surface area contributed by atoms with Gasteiger partial charge in [-0.15, -0.1) is 0 Å². The summed E-state index contributed by atoms with van der Waals surface area (Å²) in [6.45, 7) is 2.81. The number of rotatable bonds is 6. The Hall–Kier alpha value is -2.70. The second kappa shape index (κ2) is 6.65. The molecule has 1 aromatic heterocycles. The quantitative estimate of drug-likeness (QED) is 0.834. The van der Waals surface area contributed by atoms with Crippen molar-refractivity contribution < 1.29 is 9.53 Å². The highest BCUT2D eigenvalue weighted by Crippen LogP contribution is 2.19. The molecule has 0 fully saturated rings. The minimum absolute atomic E-state index is 0.234. The van der Waals surface area contributed by atoms with Crippen LogP contribution in [0.2, 0.25) is 0 Å². The SMILES string of the molecule is CCCNc1nc(OC)nc(-c2ccc(C(N)=O)cc2)n1. The number of methoxy groups -OCH3 is 1. The van der Waals surface area contributed by atoms with Gasteiger partial charge in [0.15, 0.2) is 5.82 Å². The average Bonchev–Trinajstić information content (AvgIpc) is 2.52. The number of nitrogens with one attached hydrogen (secondary N) is 1. The lowest BCUT2D eigenvalue weighted by atomic mass is 10.1. The maximum atomic E-state index is 11.1. The van der Waals surface area contributed by atoms with Gasteiger partial charge in [-0.05, 0) is 18.6 Å². The van der Waals surface area contributed by atoms with E-state index in [4.69, 9.17) is 10.5 Å². The molecule has 1 amide bonds. The minimum atomic E-state index is -0.472. The van der Waals surface area contributed by atoms with E-state index in [1.165, 1.54) is 7.11 Å². The summed E-state index contributed by atoms with van der Waals surface area (Å²) in [6.07, 6.45) is 0.955. The Labute approximate surface area is 122 Å². The molecule has 0 saturated heterocycles. The van der Waals surface area contributed by atoms with Crippen molar-refractivity contribution >= 4 is 11.9 Å². The summed E-state index contributed by atoms with van der Waals surface area (Å²) >= 11 is 0. The Morgan fingerprint density at radius 2 is 1.95 bits per heavy atom. The van der Waals surface area contributed by atoms with Crippen molar-refractivity contribution in [3.8, 4) is 17.4 Å². The average molecular weight is 287 g/mol. The van der Waals surface area contributed by atoms with Crippen molar-refractivity contribution in [1.82, 2.24) is 15.0 Å². The van der Waals surface area contributed by atoms with Gasteiger partial charge in [-0.25, -0.2) is 0 Å². The van der Waals surface area contributed by atoms with Crippen molar-refractivity contribution in [1.29, 1.82) is 0 Å². The Morgan fingerprint density at radius 1 is 1.24 bits per heavy atom. The van der Waals surface area contributed by atoms with Crippen LogP contribution in [0.5, 0.6) is 6.01 Å². The standard InChI is InChI=1S/C14H17N5O2/c1-3-8-16-13-17-12(18-14(19-13)21-2)10-6-4-9(5-7-10)11(15)20/h4-7H,3,8H2,1-2H3,(H2,15,20)(H,16,17,18,19). The van der Waals surface area contributed by atoms with E-state index in [9.17, 15) is 4.79 Å². The molecule has 0 aliphatic heterocycles. The Balaban J connectivity index is 2.35. The molecular weight excluding hydrogens is 270 g/mol. The summed E-state index contributed by atoms with van der Waals surface area (Å²) in [4.78, 5) is 23.7. The summed E-state index contributed by atoms with van der Waals surface area (Å²) in [5.41, 5.74) is 6.40. The van der Waals surface area contributed by atoms with Gasteiger partial charge in [0.05, 0.1) is 7.11 Å². The summed E-state index contributed by atoms with van der Waals surface area (Å²) in [5, 5.41) is 3.09. The fourth-order valence-electron chi connectivity index (χ4n) is 1.68. The maximum absolute atomic E-state index is 11.1. The molecule has 0 aliphatic carbocycles. The van der Waals surface area contributed by atoms with Crippen LogP contribution in [0.1, 0.15) is 23.7 Å². The number of aromatic nitrogens is 3. The van der Waals surface area contributed by atoms with Gasteiger partial charge in [0, 0.05) is 17.7 Å². The van der Waals surface area contributed by atoms with Crippen molar-refractivity contribution in [2.24, 2.45) is 5.73 Å². The summed E-state index contributed by atoms with van der Waals surface area (Å²) in [7, 11) is 1.50. The van der Waals surface area contributed by atoms with Crippen LogP contribution >= 0.6 is 0 Å². The molecule has 0 bridgehead atoms. The summed E-state index contributed by atoms with van der Waals surface area (Å²) < 4.78 is 5.08. The lowest BCUT2D eigenvalue weighted by molar-refractivity contribution is 0.100. The third-order valence-electron chi connectivity index (χ3n) is 2.76. The molecule has 21 heavy (non-hydrogen) atoms. The Kier molecular flexibility index (Phi) is 4.65. The number of amides is 1. The first kappa shape index (κ1) is 14.7. The maximum Gasteiger partial charge on any atom is 0.321 e. The number of hydrogen-bond donors (Lipinski definition) is 2. The molecular formula is C14H17N5O2. The number of benzene rings is 1. The number of nitrogens with two attached hydrogens (primary N) is 1. The van der Waals surface area contributed by atoms with Gasteiger partial charge in [0.1, 0.15) is 0 Å².